The zero-order valence-corrected chi connectivity index (χ0v) is 74.4. The highest BCUT2D eigenvalue weighted by atomic mass is 32.1. The van der Waals surface area contributed by atoms with E-state index in [2.05, 4.69) is 427 Å². The zero-order chi connectivity index (χ0) is 83.7. The van der Waals surface area contributed by atoms with E-state index >= 15 is 0 Å². The Morgan fingerprint density at radius 3 is 1.25 bits per heavy atom. The normalized spacial score (nSPS) is 13.9. The van der Waals surface area contributed by atoms with Gasteiger partial charge < -0.3 is 23.8 Å². The van der Waals surface area contributed by atoms with Gasteiger partial charge in [0.1, 0.15) is 23.0 Å². The third kappa shape index (κ3) is 12.5. The summed E-state index contributed by atoms with van der Waals surface area (Å²) in [6.07, 6.45) is 0. The van der Waals surface area contributed by atoms with Crippen LogP contribution in [0.3, 0.4) is 0 Å². The van der Waals surface area contributed by atoms with Gasteiger partial charge in [-0.25, -0.2) is 0 Å². The van der Waals surface area contributed by atoms with Gasteiger partial charge in [0.05, 0.1) is 32.8 Å². The van der Waals surface area contributed by atoms with Gasteiger partial charge in [-0.1, -0.05) is 346 Å². The summed E-state index contributed by atoms with van der Waals surface area (Å²) in [7, 11) is 0. The molecule has 0 saturated carbocycles. The number of benzene rings is 14. The van der Waals surface area contributed by atoms with Gasteiger partial charge in [0.15, 0.2) is 0 Å². The largest absolute Gasteiger partial charge is 0.459 e. The van der Waals surface area contributed by atoms with Crippen LogP contribution < -0.4 is 52.1 Å². The van der Waals surface area contributed by atoms with Crippen molar-refractivity contribution in [3.8, 4) is 73.2 Å². The lowest BCUT2D eigenvalue weighted by atomic mass is 9.30. The molecule has 0 amide bonds. The van der Waals surface area contributed by atoms with Crippen molar-refractivity contribution in [3.05, 3.63) is 306 Å². The second-order valence-corrected chi connectivity index (χ2v) is 42.8. The number of nitrogens with zero attached hydrogens (tertiary/aromatic N) is 3. The Labute approximate surface area is 714 Å². The van der Waals surface area contributed by atoms with Gasteiger partial charge in [-0.2, -0.15) is 0 Å². The molecule has 0 N–H and O–H groups in total. The Morgan fingerprint density at radius 1 is 0.267 bits per heavy atom. The van der Waals surface area contributed by atoms with Crippen LogP contribution in [0.5, 0.6) is 23.0 Å². The molecule has 0 radical (unpaired) electrons. The first-order chi connectivity index (χ1) is 56.9. The van der Waals surface area contributed by atoms with Crippen molar-refractivity contribution in [1.29, 1.82) is 0 Å². The molecular weight excluding hydrogens is 1470 g/mol. The molecule has 0 saturated heterocycles. The summed E-state index contributed by atoms with van der Waals surface area (Å²) in [6, 6.07) is 103. The average molecular weight is 1580 g/mol. The SMILES string of the molecule is CC(C)(C)c1cc(-c2cc3c(c(-c4cc(C(C)(C)C)cc(C(C)(C)C)c4)c2)Oc2cc4c(c5c2B3c2ccc(-n3c6ccccc6c6ccccc63)cc2O5)B2c3ccc5c(sc6ccccc65)c3N(c3cc(C(C)(C)C)ccc3-c3ccccc3)c3cc(C(C)(C)C)cc(c32)N4c2cc(C(C)(C)C)ccc2-c2ccccc2)cc(C(C)(C)C)c1. The number of aromatic nitrogens is 1. The van der Waals surface area contributed by atoms with E-state index in [0.717, 1.165) is 123 Å². The van der Waals surface area contributed by atoms with Crippen LogP contribution in [0.25, 0.3) is 92.2 Å². The molecule has 6 heterocycles. The van der Waals surface area contributed by atoms with Crippen molar-refractivity contribution in [2.24, 2.45) is 0 Å². The topological polar surface area (TPSA) is 29.9 Å². The number of rotatable bonds is 7. The van der Waals surface area contributed by atoms with E-state index in [9.17, 15) is 0 Å². The van der Waals surface area contributed by atoms with Crippen molar-refractivity contribution in [1.82, 2.24) is 4.57 Å². The van der Waals surface area contributed by atoms with Gasteiger partial charge in [-0.3, -0.25) is 0 Å². The molecule has 14 aromatic carbocycles. The minimum absolute atomic E-state index is 0.145. The average Bonchev–Trinajstić information content (AvgIpc) is 0.822. The molecule has 8 heteroatoms. The third-order valence-electron chi connectivity index (χ3n) is 26.3. The number of hydrogen-bond acceptors (Lipinski definition) is 5. The lowest BCUT2D eigenvalue weighted by molar-refractivity contribution is 0.467. The molecule has 0 spiro atoms. The Bertz CT molecular complexity index is 6850. The summed E-state index contributed by atoms with van der Waals surface area (Å²) in [5.41, 5.74) is 33.3. The predicted molar refractivity (Wildman–Crippen MR) is 518 cm³/mol. The highest BCUT2D eigenvalue weighted by Gasteiger charge is 2.52. The Balaban J connectivity index is 0.981. The van der Waals surface area contributed by atoms with E-state index in [0.29, 0.717) is 0 Å². The maximum atomic E-state index is 8.57. The molecule has 4 aliphatic heterocycles. The van der Waals surface area contributed by atoms with Crippen molar-refractivity contribution in [3.63, 3.8) is 0 Å². The van der Waals surface area contributed by atoms with Gasteiger partial charge in [-0.05, 0) is 187 Å². The second kappa shape index (κ2) is 27.0. The van der Waals surface area contributed by atoms with E-state index in [-0.39, 0.29) is 37.9 Å². The fourth-order valence-electron chi connectivity index (χ4n) is 19.4. The van der Waals surface area contributed by atoms with Crippen LogP contribution in [0.4, 0.5) is 34.1 Å². The fraction of sp³-hybridized carbons (Fsp3) is 0.250. The summed E-state index contributed by atoms with van der Waals surface area (Å²) >= 11 is 1.92. The monoisotopic (exact) mass is 1580 g/mol. The number of anilines is 6. The van der Waals surface area contributed by atoms with Crippen LogP contribution in [0, 0.1) is 0 Å². The third-order valence-corrected chi connectivity index (χ3v) is 27.5. The molecule has 594 valence electrons. The predicted octanol–water partition coefficient (Wildman–Crippen LogP) is 27.7. The number of fused-ring (bicyclic) bond motifs is 16. The molecule has 0 fully saturated rings. The van der Waals surface area contributed by atoms with Gasteiger partial charge in [0.25, 0.3) is 13.4 Å². The molecule has 0 atom stereocenters. The van der Waals surface area contributed by atoms with E-state index in [1.807, 2.05) is 11.3 Å². The van der Waals surface area contributed by atoms with Crippen LogP contribution in [0.15, 0.2) is 267 Å². The summed E-state index contributed by atoms with van der Waals surface area (Å²) in [5.74, 6) is 3.26. The number of hydrogen-bond donors (Lipinski definition) is 0. The molecular formula is C112H107B2N3O2S. The number of ether oxygens (including phenoxy) is 2. The second-order valence-electron chi connectivity index (χ2n) is 41.8. The highest BCUT2D eigenvalue weighted by Crippen LogP contribution is 2.57. The van der Waals surface area contributed by atoms with Gasteiger partial charge in [0.2, 0.25) is 0 Å². The zero-order valence-electron chi connectivity index (χ0n) is 73.6. The van der Waals surface area contributed by atoms with Crippen LogP contribution in [0.2, 0.25) is 0 Å². The van der Waals surface area contributed by atoms with E-state index in [1.54, 1.807) is 0 Å². The molecule has 0 bridgehead atoms. The molecule has 0 unspecified atom stereocenters. The minimum atomic E-state index is -0.411. The quantitative estimate of drug-likeness (QED) is 0.149. The molecule has 120 heavy (non-hydrogen) atoms. The lowest BCUT2D eigenvalue weighted by Gasteiger charge is -2.47. The van der Waals surface area contributed by atoms with E-state index < -0.39 is 13.4 Å². The minimum Gasteiger partial charge on any atom is -0.459 e. The first-order valence-corrected chi connectivity index (χ1v) is 44.1. The van der Waals surface area contributed by atoms with Crippen molar-refractivity contribution in [2.45, 2.75) is 183 Å². The highest BCUT2D eigenvalue weighted by molar-refractivity contribution is 7.26. The van der Waals surface area contributed by atoms with Crippen LogP contribution >= 0.6 is 11.3 Å². The fourth-order valence-corrected chi connectivity index (χ4v) is 20.7. The Hall–Kier alpha value is -11.6. The molecule has 16 aromatic rings. The van der Waals surface area contributed by atoms with Gasteiger partial charge in [0, 0.05) is 83.3 Å². The van der Waals surface area contributed by atoms with Crippen LogP contribution in [0.1, 0.15) is 184 Å². The first-order valence-electron chi connectivity index (χ1n) is 43.2. The number of para-hydroxylation sites is 2. The number of thiophene rings is 1. The molecule has 4 aliphatic rings. The van der Waals surface area contributed by atoms with Crippen molar-refractivity contribution in [2.75, 3.05) is 9.80 Å². The Morgan fingerprint density at radius 2 is 0.708 bits per heavy atom. The first kappa shape index (κ1) is 77.1. The van der Waals surface area contributed by atoms with Crippen molar-refractivity contribution >= 4 is 134 Å². The molecule has 2 aromatic heterocycles. The summed E-state index contributed by atoms with van der Waals surface area (Å²) in [4.78, 5) is 5.42. The maximum absolute atomic E-state index is 8.57. The van der Waals surface area contributed by atoms with E-state index in [4.69, 9.17) is 9.47 Å². The van der Waals surface area contributed by atoms with Crippen molar-refractivity contribution < 1.29 is 9.47 Å². The maximum Gasteiger partial charge on any atom is 0.260 e. The van der Waals surface area contributed by atoms with Gasteiger partial charge >= 0.3 is 0 Å². The standard InChI is InChI=1S/C112H107B2N3O2S/c1-106(2,3)71-44-47-79(66-34-24-22-25-35-66)91(60-71)116-93-62-77(112(19,20)21)63-94-99(93)114(87-51-49-84-83-40-30-33-43-98(83)120-105(84)102(87)117(94)92-61-72(107(4,5)6)45-48-80(92)67-36-26-23-27-37-67)100-95(116)65-97-101-104(100)118-96-64-78(115-89-41-31-28-38-81(89)82-39-29-32-42-90(82)115)46-50-86(96)113(101)88-57-69(68-52-73(108(7,8)9)58-74(53-68)109(10,11)12)56-85(103(88)119-97)70-54-75(110(13,14)15)59-76(55-70)111(16,17)18/h22-65H,1-21H3. The van der Waals surface area contributed by atoms with Gasteiger partial charge in [-0.15, -0.1) is 11.3 Å². The smallest absolute Gasteiger partial charge is 0.260 e. The van der Waals surface area contributed by atoms with E-state index in [1.165, 1.54) is 97.6 Å². The summed E-state index contributed by atoms with van der Waals surface area (Å²) in [5, 5.41) is 4.91. The molecule has 5 nitrogen and oxygen atoms in total. The van der Waals surface area contributed by atoms with Crippen LogP contribution in [-0.2, 0) is 37.9 Å². The Kier molecular flexibility index (Phi) is 17.3. The lowest BCUT2D eigenvalue weighted by Crippen LogP contribution is -2.65. The summed E-state index contributed by atoms with van der Waals surface area (Å²) < 4.78 is 22.0. The molecule has 20 rings (SSSR count). The summed E-state index contributed by atoms with van der Waals surface area (Å²) in [6.45, 7) is 48.8. The molecule has 0 aliphatic carbocycles. The van der Waals surface area contributed by atoms with Crippen LogP contribution in [-0.4, -0.2) is 18.0 Å².